The van der Waals surface area contributed by atoms with E-state index >= 15 is 0 Å². The summed E-state index contributed by atoms with van der Waals surface area (Å²) in [5, 5.41) is 0. The third-order valence-corrected chi connectivity index (χ3v) is 6.62. The minimum atomic E-state index is -0.0260. The maximum atomic E-state index is 11.9. The average molecular weight is 407 g/mol. The molecule has 158 valence electrons. The molecule has 6 heteroatoms. The molecule has 2 rings (SSSR count). The molecular weight excluding hydrogens is 368 g/mol. The second-order valence-corrected chi connectivity index (χ2v) is 8.82. The third-order valence-electron chi connectivity index (χ3n) is 6.22. The minimum absolute atomic E-state index is 0.0260. The summed E-state index contributed by atoms with van der Waals surface area (Å²) in [4.78, 5) is 24.6. The number of thiol groups is 1. The van der Waals surface area contributed by atoms with Crippen LogP contribution in [0.2, 0.25) is 0 Å². The van der Waals surface area contributed by atoms with Gasteiger partial charge in [0.25, 0.3) is 0 Å². The number of carbonyl (C=O) groups is 1. The van der Waals surface area contributed by atoms with Crippen LogP contribution in [0.25, 0.3) is 0 Å². The Hall–Kier alpha value is -1.27. The van der Waals surface area contributed by atoms with Crippen LogP contribution in [0.3, 0.4) is 0 Å². The molecule has 2 aliphatic rings. The first kappa shape index (κ1) is 23.0. The van der Waals surface area contributed by atoms with Crippen molar-refractivity contribution in [3.63, 3.8) is 0 Å². The molecule has 1 atom stereocenters. The van der Waals surface area contributed by atoms with Crippen LogP contribution in [-0.2, 0) is 4.79 Å². The van der Waals surface area contributed by atoms with Gasteiger partial charge in [0.05, 0.1) is 6.54 Å². The van der Waals surface area contributed by atoms with Gasteiger partial charge in [-0.15, -0.1) is 12.6 Å². The number of hydrogen-bond donors (Lipinski definition) is 1. The smallest absolute Gasteiger partial charge is 0.246 e. The van der Waals surface area contributed by atoms with E-state index in [1.165, 1.54) is 43.4 Å². The fourth-order valence-electron chi connectivity index (χ4n) is 4.24. The van der Waals surface area contributed by atoms with Crippen molar-refractivity contribution >= 4 is 24.2 Å². The molecule has 0 radical (unpaired) electrons. The van der Waals surface area contributed by atoms with Crippen molar-refractivity contribution in [3.05, 3.63) is 23.3 Å². The summed E-state index contributed by atoms with van der Waals surface area (Å²) < 4.78 is 0. The fourth-order valence-corrected chi connectivity index (χ4v) is 4.68. The number of rotatable bonds is 7. The molecule has 0 aromatic carbocycles. The van der Waals surface area contributed by atoms with Gasteiger partial charge >= 0.3 is 0 Å². The Labute approximate surface area is 177 Å². The Morgan fingerprint density at radius 2 is 2.00 bits per heavy atom. The zero-order valence-corrected chi connectivity index (χ0v) is 19.2. The quantitative estimate of drug-likeness (QED) is 0.397. The Morgan fingerprint density at radius 1 is 1.36 bits per heavy atom. The van der Waals surface area contributed by atoms with Gasteiger partial charge in [0.2, 0.25) is 5.91 Å². The molecule has 28 heavy (non-hydrogen) atoms. The Kier molecular flexibility index (Phi) is 8.62. The number of amides is 1. The van der Waals surface area contributed by atoms with Crippen molar-refractivity contribution in [2.24, 2.45) is 10.9 Å². The van der Waals surface area contributed by atoms with E-state index in [0.717, 1.165) is 17.7 Å². The first-order valence-corrected chi connectivity index (χ1v) is 11.1. The lowest BCUT2D eigenvalue weighted by Crippen LogP contribution is -2.41. The molecule has 2 aliphatic heterocycles. The van der Waals surface area contributed by atoms with Crippen molar-refractivity contribution in [2.75, 3.05) is 33.2 Å². The standard InChI is InChI=1S/C22H38N4OS/c1-7-21(23-17(5)18-9-12-25(13-10-18)16(3)4)24(6)19-11-14-26(15-20(19)28)22(27)8-2/h8,16,18,21,28H,2,7,9-15H2,1,3-6H3. The van der Waals surface area contributed by atoms with E-state index in [-0.39, 0.29) is 12.1 Å². The van der Waals surface area contributed by atoms with Gasteiger partial charge in [-0.2, -0.15) is 0 Å². The van der Waals surface area contributed by atoms with Crippen LogP contribution in [0.1, 0.15) is 53.4 Å². The van der Waals surface area contributed by atoms with Crippen LogP contribution in [-0.4, -0.2) is 71.8 Å². The van der Waals surface area contributed by atoms with E-state index < -0.39 is 0 Å². The molecule has 0 spiro atoms. The molecule has 1 saturated heterocycles. The average Bonchev–Trinajstić information content (AvgIpc) is 2.70. The van der Waals surface area contributed by atoms with Gasteiger partial charge in [0.15, 0.2) is 0 Å². The number of nitrogens with zero attached hydrogens (tertiary/aromatic N) is 4. The maximum Gasteiger partial charge on any atom is 0.246 e. The fraction of sp³-hybridized carbons (Fsp3) is 0.727. The highest BCUT2D eigenvalue weighted by atomic mass is 32.1. The molecule has 0 aromatic rings. The number of likely N-dealkylation sites (tertiary alicyclic amines) is 1. The van der Waals surface area contributed by atoms with Crippen LogP contribution in [0, 0.1) is 5.92 Å². The number of piperidine rings is 1. The van der Waals surface area contributed by atoms with Crippen molar-refractivity contribution in [3.8, 4) is 0 Å². The molecule has 1 amide bonds. The third kappa shape index (κ3) is 5.63. The highest BCUT2D eigenvalue weighted by Crippen LogP contribution is 2.27. The summed E-state index contributed by atoms with van der Waals surface area (Å²) in [5.41, 5.74) is 2.48. The van der Waals surface area contributed by atoms with E-state index in [1.807, 2.05) is 0 Å². The molecule has 0 aromatic heterocycles. The molecule has 0 aliphatic carbocycles. The van der Waals surface area contributed by atoms with E-state index in [0.29, 0.717) is 25.0 Å². The van der Waals surface area contributed by atoms with Gasteiger partial charge in [0, 0.05) is 42.4 Å². The molecule has 1 unspecified atom stereocenters. The number of hydrogen-bond acceptors (Lipinski definition) is 5. The van der Waals surface area contributed by atoms with Crippen LogP contribution >= 0.6 is 12.6 Å². The molecule has 0 bridgehead atoms. The predicted octanol–water partition coefficient (Wildman–Crippen LogP) is 3.80. The van der Waals surface area contributed by atoms with Crippen LogP contribution < -0.4 is 0 Å². The van der Waals surface area contributed by atoms with Crippen molar-refractivity contribution in [1.82, 2.24) is 14.7 Å². The molecule has 0 N–H and O–H groups in total. The first-order valence-electron chi connectivity index (χ1n) is 10.6. The second kappa shape index (κ2) is 10.5. The van der Waals surface area contributed by atoms with Gasteiger partial charge in [-0.1, -0.05) is 13.5 Å². The molecule has 1 fully saturated rings. The van der Waals surface area contributed by atoms with Gasteiger partial charge < -0.3 is 14.7 Å². The second-order valence-electron chi connectivity index (χ2n) is 8.28. The van der Waals surface area contributed by atoms with E-state index in [2.05, 4.69) is 51.1 Å². The summed E-state index contributed by atoms with van der Waals surface area (Å²) in [6.45, 7) is 16.1. The highest BCUT2D eigenvalue weighted by Gasteiger charge is 2.26. The lowest BCUT2D eigenvalue weighted by atomic mass is 9.92. The topological polar surface area (TPSA) is 39.2 Å². The predicted molar refractivity (Wildman–Crippen MR) is 122 cm³/mol. The van der Waals surface area contributed by atoms with Crippen molar-refractivity contribution < 1.29 is 4.79 Å². The monoisotopic (exact) mass is 406 g/mol. The van der Waals surface area contributed by atoms with Gasteiger partial charge in [-0.3, -0.25) is 9.79 Å². The van der Waals surface area contributed by atoms with E-state index in [9.17, 15) is 4.79 Å². The largest absolute Gasteiger partial charge is 0.355 e. The zero-order valence-electron chi connectivity index (χ0n) is 18.3. The number of carbonyl (C=O) groups excluding carboxylic acids is 1. The molecule has 2 heterocycles. The van der Waals surface area contributed by atoms with Crippen molar-refractivity contribution in [1.29, 1.82) is 0 Å². The van der Waals surface area contributed by atoms with Crippen molar-refractivity contribution in [2.45, 2.75) is 65.6 Å². The maximum absolute atomic E-state index is 11.9. The Bertz CT molecular complexity index is 620. The molecule has 0 saturated carbocycles. The van der Waals surface area contributed by atoms with E-state index in [1.54, 1.807) is 4.90 Å². The SMILES string of the molecule is C=CC(=O)N1CCC(N(C)C(CC)N=C(C)C2CCN(C(C)C)CC2)=C(S)C1. The molecular formula is C22H38N4OS. The summed E-state index contributed by atoms with van der Waals surface area (Å²) >= 11 is 4.70. The van der Waals surface area contributed by atoms with E-state index in [4.69, 9.17) is 17.6 Å². The van der Waals surface area contributed by atoms with Crippen LogP contribution in [0.4, 0.5) is 0 Å². The van der Waals surface area contributed by atoms with Gasteiger partial charge in [-0.25, -0.2) is 0 Å². The normalized spacial score (nSPS) is 21.2. The minimum Gasteiger partial charge on any atom is -0.355 e. The Morgan fingerprint density at radius 3 is 2.50 bits per heavy atom. The summed E-state index contributed by atoms with van der Waals surface area (Å²) in [6.07, 6.45) is 5.68. The van der Waals surface area contributed by atoms with Gasteiger partial charge in [0.1, 0.15) is 6.17 Å². The van der Waals surface area contributed by atoms with Crippen LogP contribution in [0.5, 0.6) is 0 Å². The summed E-state index contributed by atoms with van der Waals surface area (Å²) in [6, 6.07) is 0.632. The summed E-state index contributed by atoms with van der Waals surface area (Å²) in [7, 11) is 2.11. The molecule has 5 nitrogen and oxygen atoms in total. The first-order chi connectivity index (χ1) is 13.3. The number of aliphatic imine (C=N–C) groups is 1. The lowest BCUT2D eigenvalue weighted by Gasteiger charge is -2.37. The zero-order chi connectivity index (χ0) is 20.8. The highest BCUT2D eigenvalue weighted by molar-refractivity contribution is 7.84. The van der Waals surface area contributed by atoms with Crippen LogP contribution in [0.15, 0.2) is 28.2 Å². The Balaban J connectivity index is 2.05. The summed E-state index contributed by atoms with van der Waals surface area (Å²) in [5.74, 6) is 0.566. The lowest BCUT2D eigenvalue weighted by molar-refractivity contribution is -0.125. The van der Waals surface area contributed by atoms with Gasteiger partial charge in [-0.05, 0) is 65.1 Å².